The van der Waals surface area contributed by atoms with Crippen molar-refractivity contribution < 1.29 is 19.5 Å². The summed E-state index contributed by atoms with van der Waals surface area (Å²) in [6, 6.07) is 6.85. The van der Waals surface area contributed by atoms with Crippen LogP contribution in [0.1, 0.15) is 38.7 Å². The quantitative estimate of drug-likeness (QED) is 0.835. The minimum atomic E-state index is -0.813. The molecule has 28 heavy (non-hydrogen) atoms. The van der Waals surface area contributed by atoms with Crippen LogP contribution in [0.15, 0.2) is 24.3 Å². The van der Waals surface area contributed by atoms with Crippen LogP contribution in [0, 0.1) is 11.3 Å². The second-order valence-electron chi connectivity index (χ2n) is 8.49. The highest BCUT2D eigenvalue weighted by Gasteiger charge is 2.56. The SMILES string of the molecule is CC(NC(=O)N1C[C@@H]2CCC[C@@]2(C(=O)O)C1)C(=O)N1c2ccccc2CC1C. The number of carboxylic acid groups (broad SMARTS) is 1. The van der Waals surface area contributed by atoms with Gasteiger partial charge in [0.25, 0.3) is 0 Å². The zero-order valence-corrected chi connectivity index (χ0v) is 16.4. The van der Waals surface area contributed by atoms with Crippen molar-refractivity contribution in [2.24, 2.45) is 11.3 Å². The topological polar surface area (TPSA) is 90.0 Å². The van der Waals surface area contributed by atoms with Gasteiger partial charge in [-0.25, -0.2) is 4.79 Å². The molecule has 0 radical (unpaired) electrons. The monoisotopic (exact) mass is 385 g/mol. The van der Waals surface area contributed by atoms with Crippen LogP contribution in [0.2, 0.25) is 0 Å². The van der Waals surface area contributed by atoms with E-state index in [0.717, 1.165) is 30.5 Å². The summed E-state index contributed by atoms with van der Waals surface area (Å²) < 4.78 is 0. The van der Waals surface area contributed by atoms with E-state index in [0.29, 0.717) is 13.0 Å². The first-order valence-electron chi connectivity index (χ1n) is 10.0. The molecule has 0 spiro atoms. The van der Waals surface area contributed by atoms with E-state index < -0.39 is 17.4 Å². The van der Waals surface area contributed by atoms with E-state index in [1.54, 1.807) is 16.7 Å². The van der Waals surface area contributed by atoms with E-state index >= 15 is 0 Å². The molecule has 2 heterocycles. The lowest BCUT2D eigenvalue weighted by Gasteiger charge is -2.28. The summed E-state index contributed by atoms with van der Waals surface area (Å²) in [5, 5.41) is 12.5. The van der Waals surface area contributed by atoms with Gasteiger partial charge in [-0.15, -0.1) is 0 Å². The number of para-hydroxylation sites is 1. The molecule has 0 bridgehead atoms. The maximum Gasteiger partial charge on any atom is 0.318 e. The lowest BCUT2D eigenvalue weighted by Crippen LogP contribution is -2.52. The molecule has 4 atom stereocenters. The maximum absolute atomic E-state index is 13.0. The zero-order chi connectivity index (χ0) is 20.1. The number of carbonyl (C=O) groups excluding carboxylic acids is 2. The summed E-state index contributed by atoms with van der Waals surface area (Å²) in [5.41, 5.74) is 1.23. The second-order valence-corrected chi connectivity index (χ2v) is 8.49. The highest BCUT2D eigenvalue weighted by Crippen LogP contribution is 2.48. The molecule has 1 aromatic carbocycles. The average Bonchev–Trinajstić information content (AvgIpc) is 3.30. The first-order chi connectivity index (χ1) is 13.3. The predicted molar refractivity (Wildman–Crippen MR) is 104 cm³/mol. The summed E-state index contributed by atoms with van der Waals surface area (Å²) in [5.74, 6) is -0.942. The number of anilines is 1. The van der Waals surface area contributed by atoms with Crippen LogP contribution >= 0.6 is 0 Å². The molecule has 1 aromatic rings. The molecular weight excluding hydrogens is 358 g/mol. The number of nitrogens with zero attached hydrogens (tertiary/aromatic N) is 2. The van der Waals surface area contributed by atoms with Crippen LogP contribution in [-0.4, -0.2) is 53.1 Å². The van der Waals surface area contributed by atoms with Crippen LogP contribution in [-0.2, 0) is 16.0 Å². The standard InChI is InChI=1S/C21H27N3O4/c1-13-10-15-6-3-4-8-17(15)24(13)18(25)14(2)22-20(28)23-11-16-7-5-9-21(16,12-23)19(26)27/h3-4,6,8,13-14,16H,5,7,9-12H2,1-2H3,(H,22,28)(H,26,27)/t13?,14?,16-,21+/m0/s1. The molecule has 7 nitrogen and oxygen atoms in total. The second kappa shape index (κ2) is 6.79. The zero-order valence-electron chi connectivity index (χ0n) is 16.4. The van der Waals surface area contributed by atoms with Crippen molar-refractivity contribution in [3.05, 3.63) is 29.8 Å². The Kier molecular flexibility index (Phi) is 4.56. The molecule has 2 unspecified atom stereocenters. The van der Waals surface area contributed by atoms with E-state index in [9.17, 15) is 19.5 Å². The highest BCUT2D eigenvalue weighted by atomic mass is 16.4. The minimum Gasteiger partial charge on any atom is -0.481 e. The summed E-state index contributed by atoms with van der Waals surface area (Å²) in [6.07, 6.45) is 3.16. The van der Waals surface area contributed by atoms with Crippen LogP contribution in [0.5, 0.6) is 0 Å². The van der Waals surface area contributed by atoms with Gasteiger partial charge in [0.15, 0.2) is 0 Å². The lowest BCUT2D eigenvalue weighted by atomic mass is 9.81. The van der Waals surface area contributed by atoms with Crippen LogP contribution in [0.3, 0.4) is 0 Å². The van der Waals surface area contributed by atoms with Gasteiger partial charge in [-0.05, 0) is 50.7 Å². The van der Waals surface area contributed by atoms with Gasteiger partial charge in [0.2, 0.25) is 5.91 Å². The van der Waals surface area contributed by atoms with E-state index in [2.05, 4.69) is 5.32 Å². The molecule has 1 aliphatic carbocycles. The van der Waals surface area contributed by atoms with Crippen LogP contribution < -0.4 is 10.2 Å². The number of carboxylic acids is 1. The number of aliphatic carboxylic acids is 1. The van der Waals surface area contributed by atoms with Crippen molar-refractivity contribution in [1.29, 1.82) is 0 Å². The minimum absolute atomic E-state index is 0.00670. The van der Waals surface area contributed by atoms with Gasteiger partial charge in [-0.3, -0.25) is 9.59 Å². The molecule has 2 aliphatic heterocycles. The fourth-order valence-electron chi connectivity index (χ4n) is 5.24. The van der Waals surface area contributed by atoms with Gasteiger partial charge < -0.3 is 20.2 Å². The van der Waals surface area contributed by atoms with Crippen LogP contribution in [0.25, 0.3) is 0 Å². The van der Waals surface area contributed by atoms with Gasteiger partial charge in [-0.1, -0.05) is 24.6 Å². The number of amides is 3. The number of hydrogen-bond donors (Lipinski definition) is 2. The largest absolute Gasteiger partial charge is 0.481 e. The molecule has 0 aromatic heterocycles. The third-order valence-corrected chi connectivity index (χ3v) is 6.74. The molecule has 1 saturated heterocycles. The van der Waals surface area contributed by atoms with E-state index in [4.69, 9.17) is 0 Å². The highest BCUT2D eigenvalue weighted by molar-refractivity contribution is 6.01. The van der Waals surface area contributed by atoms with E-state index in [1.807, 2.05) is 31.2 Å². The molecule has 1 saturated carbocycles. The Morgan fingerprint density at radius 1 is 1.29 bits per heavy atom. The Morgan fingerprint density at radius 2 is 2.04 bits per heavy atom. The first-order valence-corrected chi connectivity index (χ1v) is 10.0. The predicted octanol–water partition coefficient (Wildman–Crippen LogP) is 2.25. The summed E-state index contributed by atoms with van der Waals surface area (Å²) in [4.78, 5) is 40.9. The summed E-state index contributed by atoms with van der Waals surface area (Å²) >= 11 is 0. The van der Waals surface area contributed by atoms with Gasteiger partial charge in [-0.2, -0.15) is 0 Å². The molecule has 7 heteroatoms. The third-order valence-electron chi connectivity index (χ3n) is 6.74. The van der Waals surface area contributed by atoms with Crippen molar-refractivity contribution >= 4 is 23.6 Å². The number of likely N-dealkylation sites (tertiary alicyclic amines) is 1. The van der Waals surface area contributed by atoms with Crippen molar-refractivity contribution in [2.45, 2.75) is 51.6 Å². The van der Waals surface area contributed by atoms with Gasteiger partial charge in [0.05, 0.1) is 5.41 Å². The number of benzene rings is 1. The fourth-order valence-corrected chi connectivity index (χ4v) is 5.24. The number of urea groups is 1. The number of nitrogens with one attached hydrogen (secondary N) is 1. The number of rotatable bonds is 3. The summed E-state index contributed by atoms with van der Waals surface area (Å²) in [7, 11) is 0. The summed E-state index contributed by atoms with van der Waals surface area (Å²) in [6.45, 7) is 4.37. The fraction of sp³-hybridized carbons (Fsp3) is 0.571. The molecule has 4 rings (SSSR count). The Labute approximate surface area is 164 Å². The van der Waals surface area contributed by atoms with Crippen molar-refractivity contribution in [3.8, 4) is 0 Å². The maximum atomic E-state index is 13.0. The molecule has 150 valence electrons. The molecule has 3 aliphatic rings. The molecule has 2 N–H and O–H groups in total. The van der Waals surface area contributed by atoms with Crippen LogP contribution in [0.4, 0.5) is 10.5 Å². The smallest absolute Gasteiger partial charge is 0.318 e. The molecule has 2 fully saturated rings. The Balaban J connectivity index is 1.43. The van der Waals surface area contributed by atoms with E-state index in [-0.39, 0.29) is 30.4 Å². The van der Waals surface area contributed by atoms with Gasteiger partial charge in [0, 0.05) is 24.8 Å². The Morgan fingerprint density at radius 3 is 2.75 bits per heavy atom. The molecule has 3 amide bonds. The third kappa shape index (κ3) is 2.84. The number of hydrogen-bond acceptors (Lipinski definition) is 3. The van der Waals surface area contributed by atoms with Crippen molar-refractivity contribution in [3.63, 3.8) is 0 Å². The van der Waals surface area contributed by atoms with Crippen molar-refractivity contribution in [2.75, 3.05) is 18.0 Å². The lowest BCUT2D eigenvalue weighted by molar-refractivity contribution is -0.149. The molecular formula is C21H27N3O4. The van der Waals surface area contributed by atoms with Gasteiger partial charge >= 0.3 is 12.0 Å². The Hall–Kier alpha value is -2.57. The van der Waals surface area contributed by atoms with Crippen molar-refractivity contribution in [1.82, 2.24) is 10.2 Å². The normalized spacial score (nSPS) is 29.4. The van der Waals surface area contributed by atoms with Gasteiger partial charge in [0.1, 0.15) is 6.04 Å². The average molecular weight is 385 g/mol. The van der Waals surface area contributed by atoms with E-state index in [1.165, 1.54) is 0 Å². The Bertz CT molecular complexity index is 826. The number of carbonyl (C=O) groups is 3. The first kappa shape index (κ1) is 18.8. The number of fused-ring (bicyclic) bond motifs is 2.